The Morgan fingerprint density at radius 2 is 2.12 bits per heavy atom. The first kappa shape index (κ1) is 14.0. The molecule has 0 aromatic carbocycles. The molecule has 0 spiro atoms. The number of nitrogens with zero attached hydrogens (tertiary/aromatic N) is 2. The van der Waals surface area contributed by atoms with Gasteiger partial charge in [-0.05, 0) is 6.42 Å². The fraction of sp³-hybridized carbons (Fsp3) is 0.636. The van der Waals surface area contributed by atoms with Crippen LogP contribution in [-0.2, 0) is 0 Å². The maximum Gasteiger partial charge on any atom is 0.240 e. The van der Waals surface area contributed by atoms with Crippen molar-refractivity contribution in [1.29, 1.82) is 0 Å². The smallest absolute Gasteiger partial charge is 0.240 e. The van der Waals surface area contributed by atoms with Crippen molar-refractivity contribution in [3.05, 3.63) is 11.2 Å². The third-order valence-corrected chi connectivity index (χ3v) is 2.59. The first-order valence-corrected chi connectivity index (χ1v) is 6.27. The number of aromatic nitrogens is 2. The summed E-state index contributed by atoms with van der Waals surface area (Å²) in [6.45, 7) is 2.81. The summed E-state index contributed by atoms with van der Waals surface area (Å²) in [6.07, 6.45) is 7.40. The predicted molar refractivity (Wildman–Crippen MR) is 69.1 cm³/mol. The maximum absolute atomic E-state index is 5.90. The van der Waals surface area contributed by atoms with Crippen molar-refractivity contribution in [2.24, 2.45) is 5.84 Å². The quantitative estimate of drug-likeness (QED) is 0.426. The van der Waals surface area contributed by atoms with Gasteiger partial charge in [-0.25, -0.2) is 10.8 Å². The number of hydrogen-bond acceptors (Lipinski definition) is 5. The van der Waals surface area contributed by atoms with Crippen molar-refractivity contribution >= 4 is 17.5 Å². The van der Waals surface area contributed by atoms with E-state index in [1.165, 1.54) is 31.9 Å². The Hall–Kier alpha value is -1.07. The molecule has 96 valence electrons. The molecular formula is C11H19ClN4O. The molecule has 0 bridgehead atoms. The summed E-state index contributed by atoms with van der Waals surface area (Å²) < 4.78 is 5.48. The van der Waals surface area contributed by atoms with E-state index in [1.54, 1.807) is 0 Å². The summed E-state index contributed by atoms with van der Waals surface area (Å²) in [5.74, 6) is 5.89. The van der Waals surface area contributed by atoms with Gasteiger partial charge < -0.3 is 4.74 Å². The Balaban J connectivity index is 2.30. The number of rotatable bonds is 8. The number of hydrogen-bond donors (Lipinski definition) is 2. The summed E-state index contributed by atoms with van der Waals surface area (Å²) in [4.78, 5) is 7.89. The molecular weight excluding hydrogens is 240 g/mol. The number of hydrazine groups is 1. The van der Waals surface area contributed by atoms with Crippen molar-refractivity contribution in [2.75, 3.05) is 12.0 Å². The zero-order valence-electron chi connectivity index (χ0n) is 10.1. The number of halogens is 1. The van der Waals surface area contributed by atoms with Crippen LogP contribution in [0, 0.1) is 0 Å². The normalized spacial score (nSPS) is 10.3. The lowest BCUT2D eigenvalue weighted by molar-refractivity contribution is 0.293. The maximum atomic E-state index is 5.90. The molecule has 17 heavy (non-hydrogen) atoms. The van der Waals surface area contributed by atoms with Crippen molar-refractivity contribution < 1.29 is 4.74 Å². The van der Waals surface area contributed by atoms with Gasteiger partial charge in [0.1, 0.15) is 5.02 Å². The molecule has 0 amide bonds. The summed E-state index contributed by atoms with van der Waals surface area (Å²) in [5, 5.41) is 0.401. The standard InChI is InChI=1S/C11H19ClN4O/c1-2-3-4-5-6-7-17-10-9(12)8-14-11(15-10)16-13/h8H,2-7,13H2,1H3,(H,14,15,16). The van der Waals surface area contributed by atoms with Crippen molar-refractivity contribution in [3.63, 3.8) is 0 Å². The predicted octanol–water partition coefficient (Wildman–Crippen LogP) is 2.76. The number of nitrogens with two attached hydrogens (primary N) is 1. The van der Waals surface area contributed by atoms with Crippen LogP contribution in [0.4, 0.5) is 5.95 Å². The van der Waals surface area contributed by atoms with Gasteiger partial charge in [0.15, 0.2) is 0 Å². The molecule has 0 saturated heterocycles. The number of nitrogens with one attached hydrogen (secondary N) is 1. The van der Waals surface area contributed by atoms with Crippen LogP contribution in [0.5, 0.6) is 5.88 Å². The molecule has 5 nitrogen and oxygen atoms in total. The van der Waals surface area contributed by atoms with E-state index in [2.05, 4.69) is 22.3 Å². The van der Waals surface area contributed by atoms with Crippen LogP contribution in [0.15, 0.2) is 6.20 Å². The summed E-state index contributed by atoms with van der Waals surface area (Å²) in [5.41, 5.74) is 2.35. The number of nitrogen functional groups attached to an aromatic ring is 1. The molecule has 1 rings (SSSR count). The van der Waals surface area contributed by atoms with Crippen LogP contribution < -0.4 is 16.0 Å². The third-order valence-electron chi connectivity index (χ3n) is 2.33. The fourth-order valence-corrected chi connectivity index (χ4v) is 1.54. The van der Waals surface area contributed by atoms with E-state index in [9.17, 15) is 0 Å². The monoisotopic (exact) mass is 258 g/mol. The second-order valence-corrected chi connectivity index (χ2v) is 4.16. The molecule has 0 atom stereocenters. The lowest BCUT2D eigenvalue weighted by Gasteiger charge is -2.07. The summed E-state index contributed by atoms with van der Waals surface area (Å²) in [6, 6.07) is 0. The summed E-state index contributed by atoms with van der Waals surface area (Å²) in [7, 11) is 0. The zero-order valence-corrected chi connectivity index (χ0v) is 10.8. The van der Waals surface area contributed by atoms with Crippen LogP contribution in [0.25, 0.3) is 0 Å². The molecule has 0 radical (unpaired) electrons. The minimum absolute atomic E-state index is 0.301. The summed E-state index contributed by atoms with van der Waals surface area (Å²) >= 11 is 5.90. The van der Waals surface area contributed by atoms with Gasteiger partial charge in [-0.1, -0.05) is 44.2 Å². The molecule has 0 fully saturated rings. The molecule has 0 unspecified atom stereocenters. The molecule has 1 aromatic heterocycles. The lowest BCUT2D eigenvalue weighted by atomic mass is 10.2. The SMILES string of the molecule is CCCCCCCOc1nc(NN)ncc1Cl. The van der Waals surface area contributed by atoms with Gasteiger partial charge in [-0.15, -0.1) is 0 Å². The number of anilines is 1. The molecule has 1 heterocycles. The topological polar surface area (TPSA) is 73.1 Å². The molecule has 0 aliphatic carbocycles. The van der Waals surface area contributed by atoms with Gasteiger partial charge in [0.05, 0.1) is 12.8 Å². The van der Waals surface area contributed by atoms with E-state index in [-0.39, 0.29) is 0 Å². The largest absolute Gasteiger partial charge is 0.476 e. The average molecular weight is 259 g/mol. The van der Waals surface area contributed by atoms with Gasteiger partial charge in [0.2, 0.25) is 11.8 Å². The minimum atomic E-state index is 0.301. The molecule has 6 heteroatoms. The van der Waals surface area contributed by atoms with Gasteiger partial charge >= 0.3 is 0 Å². The highest BCUT2D eigenvalue weighted by molar-refractivity contribution is 6.31. The van der Waals surface area contributed by atoms with Gasteiger partial charge in [0.25, 0.3) is 0 Å². The highest BCUT2D eigenvalue weighted by Gasteiger charge is 2.05. The van der Waals surface area contributed by atoms with Gasteiger partial charge in [-0.2, -0.15) is 4.98 Å². The molecule has 1 aromatic rings. The third kappa shape index (κ3) is 5.19. The van der Waals surface area contributed by atoms with Gasteiger partial charge in [0, 0.05) is 0 Å². The van der Waals surface area contributed by atoms with E-state index < -0.39 is 0 Å². The van der Waals surface area contributed by atoms with E-state index >= 15 is 0 Å². The Morgan fingerprint density at radius 1 is 1.35 bits per heavy atom. The molecule has 0 aliphatic rings. The second kappa shape index (κ2) is 8.08. The van der Waals surface area contributed by atoms with Crippen molar-refractivity contribution in [3.8, 4) is 5.88 Å². The van der Waals surface area contributed by atoms with Crippen LogP contribution in [0.1, 0.15) is 39.0 Å². The minimum Gasteiger partial charge on any atom is -0.476 e. The first-order valence-electron chi connectivity index (χ1n) is 5.90. The van der Waals surface area contributed by atoms with E-state index in [0.29, 0.717) is 23.5 Å². The van der Waals surface area contributed by atoms with Crippen LogP contribution in [-0.4, -0.2) is 16.6 Å². The molecule has 0 aliphatic heterocycles. The van der Waals surface area contributed by atoms with Crippen LogP contribution in [0.3, 0.4) is 0 Å². The molecule has 3 N–H and O–H groups in total. The van der Waals surface area contributed by atoms with E-state index in [1.807, 2.05) is 0 Å². The van der Waals surface area contributed by atoms with Gasteiger partial charge in [-0.3, -0.25) is 5.43 Å². The highest BCUT2D eigenvalue weighted by atomic mass is 35.5. The highest BCUT2D eigenvalue weighted by Crippen LogP contribution is 2.21. The Labute approximate surface area is 107 Å². The first-order chi connectivity index (χ1) is 8.27. The molecule has 0 saturated carbocycles. The lowest BCUT2D eigenvalue weighted by Crippen LogP contribution is -2.11. The Morgan fingerprint density at radius 3 is 2.82 bits per heavy atom. The number of ether oxygens (including phenoxy) is 1. The van der Waals surface area contributed by atoms with E-state index in [0.717, 1.165) is 6.42 Å². The average Bonchev–Trinajstić information content (AvgIpc) is 2.35. The number of unbranched alkanes of at least 4 members (excludes halogenated alkanes) is 4. The van der Waals surface area contributed by atoms with Crippen molar-refractivity contribution in [1.82, 2.24) is 9.97 Å². The van der Waals surface area contributed by atoms with Crippen LogP contribution in [0.2, 0.25) is 5.02 Å². The van der Waals surface area contributed by atoms with E-state index in [4.69, 9.17) is 22.2 Å². The Bertz CT molecular complexity index is 335. The second-order valence-electron chi connectivity index (χ2n) is 3.75. The van der Waals surface area contributed by atoms with Crippen LogP contribution >= 0.6 is 11.6 Å². The Kier molecular flexibility index (Phi) is 6.65. The zero-order chi connectivity index (χ0) is 12.5. The van der Waals surface area contributed by atoms with Crippen molar-refractivity contribution in [2.45, 2.75) is 39.0 Å². The fourth-order valence-electron chi connectivity index (χ4n) is 1.40.